The first-order chi connectivity index (χ1) is 6.27. The second-order valence-corrected chi connectivity index (χ2v) is 4.01. The van der Waals surface area contributed by atoms with E-state index in [1.807, 2.05) is 0 Å². The zero-order valence-electron chi connectivity index (χ0n) is 8.01. The van der Waals surface area contributed by atoms with Gasteiger partial charge in [-0.05, 0) is 12.8 Å². The molecule has 0 rings (SSSR count). The third-order valence-electron chi connectivity index (χ3n) is 1.97. The number of nitrogens with zero attached hydrogens (tertiary/aromatic N) is 1. The fraction of sp³-hybridized carbons (Fsp3) is 1.00. The highest BCUT2D eigenvalue weighted by atomic mass is 79.9. The number of unbranched alkanes of at least 4 members (excludes halogenated alkanes) is 6. The van der Waals surface area contributed by atoms with E-state index in [4.69, 9.17) is 0 Å². The molecule has 0 radical (unpaired) electrons. The van der Waals surface area contributed by atoms with E-state index in [0.717, 1.165) is 24.6 Å². The number of hydrogen-bond donors (Lipinski definition) is 0. The molecule has 0 saturated heterocycles. The van der Waals surface area contributed by atoms with Gasteiger partial charge in [0.1, 0.15) is 0 Å². The van der Waals surface area contributed by atoms with Gasteiger partial charge in [-0.15, -0.1) is 0 Å². The summed E-state index contributed by atoms with van der Waals surface area (Å²) in [5, 5.41) is 11.1. The fourth-order valence-electron chi connectivity index (χ4n) is 1.22. The Bertz CT molecular complexity index is 131. The first kappa shape index (κ1) is 12.9. The van der Waals surface area contributed by atoms with Crippen molar-refractivity contribution in [1.82, 2.24) is 0 Å². The van der Waals surface area contributed by atoms with E-state index in [2.05, 4.69) is 15.9 Å². The van der Waals surface area contributed by atoms with Crippen LogP contribution >= 0.6 is 15.9 Å². The second kappa shape index (κ2) is 9.96. The highest BCUT2D eigenvalue weighted by Gasteiger charge is 1.96. The molecule has 0 aliphatic heterocycles. The number of alkyl halides is 1. The summed E-state index contributed by atoms with van der Waals surface area (Å²) in [6, 6.07) is 0. The first-order valence-corrected chi connectivity index (χ1v) is 6.07. The predicted octanol–water partition coefficient (Wildman–Crippen LogP) is 3.39. The average Bonchev–Trinajstić information content (AvgIpc) is 2.09. The van der Waals surface area contributed by atoms with Gasteiger partial charge in [-0.25, -0.2) is 0 Å². The van der Waals surface area contributed by atoms with Crippen LogP contribution in [0.5, 0.6) is 0 Å². The Hall–Kier alpha value is -0.120. The lowest BCUT2D eigenvalue weighted by molar-refractivity contribution is -0.480. The molecule has 0 N–H and O–H groups in total. The highest BCUT2D eigenvalue weighted by molar-refractivity contribution is 9.09. The maximum Gasteiger partial charge on any atom is 0.203 e. The van der Waals surface area contributed by atoms with Gasteiger partial charge in [-0.3, -0.25) is 10.1 Å². The van der Waals surface area contributed by atoms with Crippen LogP contribution in [0.1, 0.15) is 44.9 Å². The number of hydrogen-bond acceptors (Lipinski definition) is 2. The molecule has 13 heavy (non-hydrogen) atoms. The Kier molecular flexibility index (Phi) is 9.87. The van der Waals surface area contributed by atoms with Crippen molar-refractivity contribution in [3.05, 3.63) is 10.1 Å². The summed E-state index contributed by atoms with van der Waals surface area (Å²) in [6.45, 7) is 0.140. The largest absolute Gasteiger partial charge is 0.265 e. The van der Waals surface area contributed by atoms with E-state index in [1.54, 1.807) is 0 Å². The maximum absolute atomic E-state index is 9.97. The van der Waals surface area contributed by atoms with Crippen molar-refractivity contribution in [2.24, 2.45) is 0 Å². The molecular weight excluding hydrogens is 234 g/mol. The van der Waals surface area contributed by atoms with Crippen LogP contribution in [0.3, 0.4) is 0 Å². The molecule has 0 heterocycles. The molecule has 0 aromatic heterocycles. The van der Waals surface area contributed by atoms with E-state index >= 15 is 0 Å². The van der Waals surface area contributed by atoms with Crippen molar-refractivity contribution < 1.29 is 4.92 Å². The molecule has 4 heteroatoms. The summed E-state index contributed by atoms with van der Waals surface area (Å²) in [7, 11) is 0. The van der Waals surface area contributed by atoms with Gasteiger partial charge in [0, 0.05) is 16.7 Å². The second-order valence-electron chi connectivity index (χ2n) is 3.22. The Morgan fingerprint density at radius 2 is 1.38 bits per heavy atom. The lowest BCUT2D eigenvalue weighted by atomic mass is 10.1. The molecule has 0 aromatic rings. The number of nitro groups is 1. The van der Waals surface area contributed by atoms with Crippen molar-refractivity contribution in [1.29, 1.82) is 0 Å². The van der Waals surface area contributed by atoms with E-state index in [1.165, 1.54) is 25.7 Å². The van der Waals surface area contributed by atoms with Gasteiger partial charge in [0.2, 0.25) is 6.54 Å². The Morgan fingerprint density at radius 3 is 1.85 bits per heavy atom. The van der Waals surface area contributed by atoms with Gasteiger partial charge in [0.15, 0.2) is 0 Å². The van der Waals surface area contributed by atoms with Crippen molar-refractivity contribution in [3.63, 3.8) is 0 Å². The summed E-state index contributed by atoms with van der Waals surface area (Å²) >= 11 is 3.38. The molecule has 0 bridgehead atoms. The van der Waals surface area contributed by atoms with Crippen LogP contribution in [0.2, 0.25) is 0 Å². The van der Waals surface area contributed by atoms with Crippen LogP contribution in [0.15, 0.2) is 0 Å². The van der Waals surface area contributed by atoms with Crippen molar-refractivity contribution in [3.8, 4) is 0 Å². The van der Waals surface area contributed by atoms with E-state index in [-0.39, 0.29) is 11.5 Å². The molecule has 0 saturated carbocycles. The molecule has 0 fully saturated rings. The van der Waals surface area contributed by atoms with E-state index < -0.39 is 0 Å². The van der Waals surface area contributed by atoms with Crippen molar-refractivity contribution in [2.45, 2.75) is 44.9 Å². The van der Waals surface area contributed by atoms with Crippen LogP contribution < -0.4 is 0 Å². The van der Waals surface area contributed by atoms with Gasteiger partial charge >= 0.3 is 0 Å². The SMILES string of the molecule is O=[N+]([O-])CCCCCCCCCBr. The smallest absolute Gasteiger partial charge is 0.203 e. The third kappa shape index (κ3) is 11.9. The van der Waals surface area contributed by atoms with Gasteiger partial charge in [-0.1, -0.05) is 41.6 Å². The monoisotopic (exact) mass is 251 g/mol. The van der Waals surface area contributed by atoms with Crippen molar-refractivity contribution >= 4 is 15.9 Å². The zero-order valence-corrected chi connectivity index (χ0v) is 9.59. The summed E-state index contributed by atoms with van der Waals surface area (Å²) in [5.41, 5.74) is 0. The Balaban J connectivity index is 2.87. The predicted molar refractivity (Wildman–Crippen MR) is 58.0 cm³/mol. The minimum Gasteiger partial charge on any atom is -0.265 e. The highest BCUT2D eigenvalue weighted by Crippen LogP contribution is 2.07. The molecule has 78 valence electrons. The van der Waals surface area contributed by atoms with Gasteiger partial charge < -0.3 is 0 Å². The quantitative estimate of drug-likeness (QED) is 0.273. The van der Waals surface area contributed by atoms with E-state index in [0.29, 0.717) is 0 Å². The average molecular weight is 252 g/mol. The Morgan fingerprint density at radius 1 is 0.923 bits per heavy atom. The van der Waals surface area contributed by atoms with Crippen LogP contribution in [0.25, 0.3) is 0 Å². The number of rotatable bonds is 9. The normalized spacial score (nSPS) is 10.2. The molecule has 0 amide bonds. The standard InChI is InChI=1S/C9H18BrNO2/c10-8-6-4-2-1-3-5-7-9-11(12)13/h1-9H2. The minimum absolute atomic E-state index is 0.140. The summed E-state index contributed by atoms with van der Waals surface area (Å²) in [5.74, 6) is 0. The topological polar surface area (TPSA) is 43.1 Å². The lowest BCUT2D eigenvalue weighted by Gasteiger charge is -1.98. The third-order valence-corrected chi connectivity index (χ3v) is 2.54. The lowest BCUT2D eigenvalue weighted by Crippen LogP contribution is -1.99. The molecule has 0 aliphatic rings. The molecular formula is C9H18BrNO2. The molecule has 0 atom stereocenters. The summed E-state index contributed by atoms with van der Waals surface area (Å²) < 4.78 is 0. The van der Waals surface area contributed by atoms with Crippen LogP contribution in [-0.4, -0.2) is 16.8 Å². The van der Waals surface area contributed by atoms with Crippen molar-refractivity contribution in [2.75, 3.05) is 11.9 Å². The molecule has 0 aliphatic carbocycles. The maximum atomic E-state index is 9.97. The van der Waals surface area contributed by atoms with Crippen LogP contribution in [0.4, 0.5) is 0 Å². The van der Waals surface area contributed by atoms with Gasteiger partial charge in [-0.2, -0.15) is 0 Å². The molecule has 3 nitrogen and oxygen atoms in total. The molecule has 0 spiro atoms. The minimum atomic E-state index is -0.231. The Labute approximate surface area is 88.2 Å². The first-order valence-electron chi connectivity index (χ1n) is 4.95. The summed E-state index contributed by atoms with van der Waals surface area (Å²) in [6.07, 6.45) is 7.92. The number of halogens is 1. The molecule has 0 unspecified atom stereocenters. The fourth-order valence-corrected chi connectivity index (χ4v) is 1.62. The van der Waals surface area contributed by atoms with Crippen LogP contribution in [-0.2, 0) is 0 Å². The van der Waals surface area contributed by atoms with E-state index in [9.17, 15) is 10.1 Å². The van der Waals surface area contributed by atoms with Gasteiger partial charge in [0.25, 0.3) is 0 Å². The van der Waals surface area contributed by atoms with Crippen LogP contribution in [0, 0.1) is 10.1 Å². The zero-order chi connectivity index (χ0) is 9.94. The molecule has 0 aromatic carbocycles. The summed E-state index contributed by atoms with van der Waals surface area (Å²) in [4.78, 5) is 9.74. The van der Waals surface area contributed by atoms with Gasteiger partial charge in [0.05, 0.1) is 0 Å².